The van der Waals surface area contributed by atoms with Crippen molar-refractivity contribution in [1.29, 1.82) is 0 Å². The first-order valence-corrected chi connectivity index (χ1v) is 10.9. The summed E-state index contributed by atoms with van der Waals surface area (Å²) in [6.45, 7) is 0.370. The summed E-state index contributed by atoms with van der Waals surface area (Å²) in [5, 5.41) is 14.4. The van der Waals surface area contributed by atoms with Gasteiger partial charge in [0.1, 0.15) is 11.3 Å². The van der Waals surface area contributed by atoms with E-state index in [0.29, 0.717) is 34.7 Å². The molecular formula is C26H23N3O5. The number of carbonyl (C=O) groups is 2. The molecule has 34 heavy (non-hydrogen) atoms. The molecule has 3 aromatic carbocycles. The summed E-state index contributed by atoms with van der Waals surface area (Å²) in [5.41, 5.74) is 1.10. The number of likely N-dealkylation sites (tertiary alicyclic amines) is 1. The van der Waals surface area contributed by atoms with E-state index in [0.717, 1.165) is 0 Å². The van der Waals surface area contributed by atoms with Gasteiger partial charge in [-0.2, -0.15) is 0 Å². The second-order valence-electron chi connectivity index (χ2n) is 8.68. The predicted octanol–water partition coefficient (Wildman–Crippen LogP) is 3.98. The van der Waals surface area contributed by atoms with Gasteiger partial charge in [-0.05, 0) is 30.8 Å². The van der Waals surface area contributed by atoms with E-state index in [9.17, 15) is 19.7 Å². The lowest BCUT2D eigenvalue weighted by Gasteiger charge is -2.35. The molecule has 8 heteroatoms. The summed E-state index contributed by atoms with van der Waals surface area (Å²) in [6.07, 6.45) is 0. The van der Waals surface area contributed by atoms with E-state index in [2.05, 4.69) is 5.32 Å². The van der Waals surface area contributed by atoms with Gasteiger partial charge in [0.05, 0.1) is 18.0 Å². The van der Waals surface area contributed by atoms with Crippen LogP contribution in [0.25, 0.3) is 0 Å². The molecule has 3 atom stereocenters. The summed E-state index contributed by atoms with van der Waals surface area (Å²) in [6, 6.07) is 20.5. The van der Waals surface area contributed by atoms with E-state index in [1.807, 2.05) is 18.0 Å². The molecule has 172 valence electrons. The molecule has 1 N–H and O–H groups in total. The molecular weight excluding hydrogens is 434 g/mol. The Kier molecular flexibility index (Phi) is 5.17. The van der Waals surface area contributed by atoms with Gasteiger partial charge < -0.3 is 10.1 Å². The van der Waals surface area contributed by atoms with Gasteiger partial charge in [-0.25, -0.2) is 0 Å². The van der Waals surface area contributed by atoms with E-state index >= 15 is 0 Å². The number of ether oxygens (including phenoxy) is 1. The molecule has 0 saturated carbocycles. The second-order valence-corrected chi connectivity index (χ2v) is 8.68. The summed E-state index contributed by atoms with van der Waals surface area (Å²) >= 11 is 0. The summed E-state index contributed by atoms with van der Waals surface area (Å²) in [4.78, 5) is 40.7. The Labute approximate surface area is 196 Å². The van der Waals surface area contributed by atoms with Crippen molar-refractivity contribution in [1.82, 2.24) is 4.90 Å². The topological polar surface area (TPSA) is 102 Å². The first-order chi connectivity index (χ1) is 16.4. The molecule has 1 fully saturated rings. The molecule has 0 aromatic heterocycles. The number of nitrogens with one attached hydrogen (secondary N) is 1. The number of likely N-dealkylation sites (N-methyl/N-ethyl adjacent to an activating group) is 1. The van der Waals surface area contributed by atoms with Gasteiger partial charge in [0, 0.05) is 41.4 Å². The third kappa shape index (κ3) is 3.10. The molecule has 1 spiro atoms. The lowest BCUT2D eigenvalue weighted by Crippen LogP contribution is -2.51. The standard InChI is InChI=1S/C26H23N3O5/c1-28-15-20(17-9-6-10-18(13-17)29(32)33)23(24(30)16-7-4-3-5-8-16)26(28)21-14-19(34-2)11-12-22(21)27-25(26)31/h3-14,20,23H,15H2,1-2H3,(H,27,31)/t20-,23+,26-/m1/s1. The Morgan fingerprint density at radius 1 is 1.12 bits per heavy atom. The summed E-state index contributed by atoms with van der Waals surface area (Å²) in [5.74, 6) is -1.16. The maximum absolute atomic E-state index is 14.1. The van der Waals surface area contributed by atoms with Gasteiger partial charge in [-0.1, -0.05) is 42.5 Å². The molecule has 2 heterocycles. The highest BCUT2D eigenvalue weighted by Crippen LogP contribution is 2.56. The zero-order chi connectivity index (χ0) is 24.0. The summed E-state index contributed by atoms with van der Waals surface area (Å²) < 4.78 is 5.43. The Bertz CT molecular complexity index is 1310. The number of fused-ring (bicyclic) bond motifs is 2. The fourth-order valence-corrected chi connectivity index (χ4v) is 5.50. The highest BCUT2D eigenvalue weighted by Gasteiger charge is 2.64. The number of rotatable bonds is 5. The number of amides is 1. The van der Waals surface area contributed by atoms with Crippen molar-refractivity contribution in [2.24, 2.45) is 5.92 Å². The van der Waals surface area contributed by atoms with Crippen LogP contribution in [-0.4, -0.2) is 42.2 Å². The van der Waals surface area contributed by atoms with Crippen LogP contribution in [0.3, 0.4) is 0 Å². The minimum atomic E-state index is -1.29. The lowest BCUT2D eigenvalue weighted by atomic mass is 9.70. The molecule has 2 aliphatic rings. The van der Waals surface area contributed by atoms with Crippen molar-refractivity contribution in [3.8, 4) is 5.75 Å². The monoisotopic (exact) mass is 457 g/mol. The fourth-order valence-electron chi connectivity index (χ4n) is 5.50. The average molecular weight is 457 g/mol. The summed E-state index contributed by atoms with van der Waals surface area (Å²) in [7, 11) is 3.37. The number of hydrogen-bond donors (Lipinski definition) is 1. The highest BCUT2D eigenvalue weighted by atomic mass is 16.6. The molecule has 0 radical (unpaired) electrons. The lowest BCUT2D eigenvalue weighted by molar-refractivity contribution is -0.384. The van der Waals surface area contributed by atoms with Crippen molar-refractivity contribution in [2.45, 2.75) is 11.5 Å². The number of hydrogen-bond acceptors (Lipinski definition) is 6. The van der Waals surface area contributed by atoms with Crippen molar-refractivity contribution in [2.75, 3.05) is 26.0 Å². The maximum Gasteiger partial charge on any atom is 0.269 e. The van der Waals surface area contributed by atoms with Crippen LogP contribution >= 0.6 is 0 Å². The van der Waals surface area contributed by atoms with Crippen LogP contribution in [0.2, 0.25) is 0 Å². The first kappa shape index (κ1) is 21.8. The van der Waals surface area contributed by atoms with E-state index in [4.69, 9.17) is 4.74 Å². The predicted molar refractivity (Wildman–Crippen MR) is 126 cm³/mol. The zero-order valence-corrected chi connectivity index (χ0v) is 18.7. The fraction of sp³-hybridized carbons (Fsp3) is 0.231. The molecule has 5 rings (SSSR count). The first-order valence-electron chi connectivity index (χ1n) is 10.9. The number of non-ortho nitro benzene ring substituents is 1. The minimum Gasteiger partial charge on any atom is -0.497 e. The molecule has 0 bridgehead atoms. The minimum absolute atomic E-state index is 0.0510. The number of nitro groups is 1. The van der Waals surface area contributed by atoms with Crippen molar-refractivity contribution >= 4 is 23.1 Å². The van der Waals surface area contributed by atoms with Crippen molar-refractivity contribution in [3.05, 3.63) is 99.6 Å². The normalized spacial score (nSPS) is 23.5. The smallest absolute Gasteiger partial charge is 0.269 e. The van der Waals surface area contributed by atoms with Gasteiger partial charge in [0.15, 0.2) is 5.78 Å². The van der Waals surface area contributed by atoms with Crippen LogP contribution in [-0.2, 0) is 10.3 Å². The third-order valence-corrected chi connectivity index (χ3v) is 7.01. The Morgan fingerprint density at radius 3 is 2.59 bits per heavy atom. The van der Waals surface area contributed by atoms with Crippen LogP contribution < -0.4 is 10.1 Å². The van der Waals surface area contributed by atoms with Crippen molar-refractivity contribution < 1.29 is 19.2 Å². The number of benzene rings is 3. The SMILES string of the molecule is COc1ccc2c(c1)[C@]1(C(=O)N2)[C@H](C(=O)c2ccccc2)[C@@H](c2cccc([N+](=O)[O-])c2)CN1C. The number of anilines is 1. The zero-order valence-electron chi connectivity index (χ0n) is 18.7. The average Bonchev–Trinajstić information content (AvgIpc) is 3.33. The van der Waals surface area contributed by atoms with Crippen LogP contribution in [0.15, 0.2) is 72.8 Å². The quantitative estimate of drug-likeness (QED) is 0.353. The van der Waals surface area contributed by atoms with Crippen molar-refractivity contribution in [3.63, 3.8) is 0 Å². The number of methoxy groups -OCH3 is 1. The van der Waals surface area contributed by atoms with E-state index in [1.54, 1.807) is 61.7 Å². The molecule has 1 amide bonds. The Balaban J connectivity index is 1.74. The van der Waals surface area contributed by atoms with Crippen LogP contribution in [0.5, 0.6) is 5.75 Å². The number of Topliss-reactive ketones (excluding diaryl/α,β-unsaturated/α-hetero) is 1. The highest BCUT2D eigenvalue weighted by molar-refractivity contribution is 6.12. The van der Waals surface area contributed by atoms with Gasteiger partial charge in [-0.15, -0.1) is 0 Å². The molecule has 0 unspecified atom stereocenters. The van der Waals surface area contributed by atoms with Crippen LogP contribution in [0, 0.1) is 16.0 Å². The maximum atomic E-state index is 14.1. The van der Waals surface area contributed by atoms with E-state index in [1.165, 1.54) is 12.1 Å². The Morgan fingerprint density at radius 2 is 1.88 bits per heavy atom. The molecule has 3 aromatic rings. The largest absolute Gasteiger partial charge is 0.497 e. The van der Waals surface area contributed by atoms with E-state index < -0.39 is 22.3 Å². The van der Waals surface area contributed by atoms with E-state index in [-0.39, 0.29) is 17.4 Å². The molecule has 8 nitrogen and oxygen atoms in total. The number of nitro benzene ring substituents is 1. The number of nitrogens with zero attached hydrogens (tertiary/aromatic N) is 2. The molecule has 0 aliphatic carbocycles. The Hall–Kier alpha value is -4.04. The van der Waals surface area contributed by atoms with Crippen LogP contribution in [0.4, 0.5) is 11.4 Å². The second kappa shape index (κ2) is 8.07. The van der Waals surface area contributed by atoms with Gasteiger partial charge in [0.2, 0.25) is 5.91 Å². The third-order valence-electron chi connectivity index (χ3n) is 7.01. The molecule has 2 aliphatic heterocycles. The van der Waals surface area contributed by atoms with Gasteiger partial charge in [-0.3, -0.25) is 24.6 Å². The van der Waals surface area contributed by atoms with Gasteiger partial charge >= 0.3 is 0 Å². The number of carbonyl (C=O) groups excluding carboxylic acids is 2. The van der Waals surface area contributed by atoms with Crippen LogP contribution in [0.1, 0.15) is 27.4 Å². The number of ketones is 1. The molecule has 1 saturated heterocycles. The van der Waals surface area contributed by atoms with Gasteiger partial charge in [0.25, 0.3) is 5.69 Å².